The number of nitrogens with zero attached hydrogens (tertiary/aromatic N) is 3. The maximum atomic E-state index is 14.2. The summed E-state index contributed by atoms with van der Waals surface area (Å²) >= 11 is 1.53. The number of hydrogen-bond acceptors (Lipinski definition) is 5. The highest BCUT2D eigenvalue weighted by molar-refractivity contribution is 7.13. The molecule has 3 heterocycles. The van der Waals surface area contributed by atoms with Crippen LogP contribution in [-0.2, 0) is 17.6 Å². The Bertz CT molecular complexity index is 892. The van der Waals surface area contributed by atoms with E-state index in [0.717, 1.165) is 23.3 Å². The van der Waals surface area contributed by atoms with Crippen LogP contribution in [-0.4, -0.2) is 22.6 Å². The van der Waals surface area contributed by atoms with E-state index >= 15 is 0 Å². The Hall–Kier alpha value is -2.54. The van der Waals surface area contributed by atoms with Gasteiger partial charge in [-0.15, -0.1) is 11.3 Å². The van der Waals surface area contributed by atoms with Gasteiger partial charge >= 0.3 is 0 Å². The highest BCUT2D eigenvalue weighted by atomic mass is 32.1. The Morgan fingerprint density at radius 1 is 1.32 bits per heavy atom. The van der Waals surface area contributed by atoms with Crippen LogP contribution in [0.3, 0.4) is 0 Å². The number of thiophene rings is 1. The number of anilines is 1. The Morgan fingerprint density at radius 3 is 3.08 bits per heavy atom. The topological polar surface area (TPSA) is 59.2 Å². The number of carbonyl (C=O) groups excluding carboxylic acids is 1. The molecular formula is C18H16FN3O2S. The van der Waals surface area contributed by atoms with Crippen LogP contribution in [0, 0.1) is 5.82 Å². The van der Waals surface area contributed by atoms with Gasteiger partial charge in [-0.1, -0.05) is 23.4 Å². The van der Waals surface area contributed by atoms with Crippen molar-refractivity contribution < 1.29 is 13.7 Å². The van der Waals surface area contributed by atoms with E-state index in [0.29, 0.717) is 30.4 Å². The molecule has 3 aromatic rings. The lowest BCUT2D eigenvalue weighted by atomic mass is 10.0. The largest absolute Gasteiger partial charge is 0.339 e. The SMILES string of the molecule is O=C(CCc1nc(-c2cccs2)no1)N1CCCc2cccc(F)c21. The van der Waals surface area contributed by atoms with Crippen LogP contribution in [0.4, 0.5) is 10.1 Å². The van der Waals surface area contributed by atoms with Gasteiger partial charge in [-0.05, 0) is 35.9 Å². The first kappa shape index (κ1) is 16.0. The summed E-state index contributed by atoms with van der Waals surface area (Å²) in [5, 5.41) is 5.88. The summed E-state index contributed by atoms with van der Waals surface area (Å²) in [5.74, 6) is 0.486. The van der Waals surface area contributed by atoms with Gasteiger partial charge in [-0.3, -0.25) is 4.79 Å². The standard InChI is InChI=1S/C18H16FN3O2S/c19-13-6-1-4-12-5-2-10-22(17(12)13)16(23)9-8-15-20-18(21-24-15)14-7-3-11-25-14/h1,3-4,6-7,11H,2,5,8-10H2. The fourth-order valence-corrected chi connectivity index (χ4v) is 3.71. The molecule has 0 atom stereocenters. The van der Waals surface area contributed by atoms with Crippen LogP contribution in [0.15, 0.2) is 40.2 Å². The van der Waals surface area contributed by atoms with E-state index < -0.39 is 0 Å². The molecule has 25 heavy (non-hydrogen) atoms. The van der Waals surface area contributed by atoms with Crippen molar-refractivity contribution in [2.75, 3.05) is 11.4 Å². The van der Waals surface area contributed by atoms with E-state index in [1.165, 1.54) is 17.4 Å². The summed E-state index contributed by atoms with van der Waals surface area (Å²) in [5.41, 5.74) is 1.31. The summed E-state index contributed by atoms with van der Waals surface area (Å²) < 4.78 is 19.4. The van der Waals surface area contributed by atoms with Crippen LogP contribution in [0.2, 0.25) is 0 Å². The Morgan fingerprint density at radius 2 is 2.24 bits per heavy atom. The van der Waals surface area contributed by atoms with E-state index in [1.807, 2.05) is 23.6 Å². The molecular weight excluding hydrogens is 341 g/mol. The molecule has 0 fully saturated rings. The van der Waals surface area contributed by atoms with E-state index in [2.05, 4.69) is 10.1 Å². The number of aromatic nitrogens is 2. The van der Waals surface area contributed by atoms with Gasteiger partial charge in [0, 0.05) is 19.4 Å². The molecule has 4 rings (SSSR count). The lowest BCUT2D eigenvalue weighted by Crippen LogP contribution is -2.36. The smallest absolute Gasteiger partial charge is 0.227 e. The molecule has 0 N–H and O–H groups in total. The van der Waals surface area contributed by atoms with E-state index in [1.54, 1.807) is 11.0 Å². The molecule has 0 unspecified atom stereocenters. The minimum Gasteiger partial charge on any atom is -0.339 e. The average molecular weight is 357 g/mol. The van der Waals surface area contributed by atoms with Gasteiger partial charge in [-0.2, -0.15) is 4.98 Å². The number of para-hydroxylation sites is 1. The summed E-state index contributed by atoms with van der Waals surface area (Å²) in [6.45, 7) is 0.539. The fraction of sp³-hybridized carbons (Fsp3) is 0.278. The molecule has 1 aliphatic heterocycles. The van der Waals surface area contributed by atoms with Gasteiger partial charge < -0.3 is 9.42 Å². The first-order valence-corrected chi connectivity index (χ1v) is 9.04. The third kappa shape index (κ3) is 3.19. The summed E-state index contributed by atoms with van der Waals surface area (Å²) in [6, 6.07) is 8.80. The lowest BCUT2D eigenvalue weighted by molar-refractivity contribution is -0.118. The minimum atomic E-state index is -0.344. The second-order valence-electron chi connectivity index (χ2n) is 5.89. The van der Waals surface area contributed by atoms with Gasteiger partial charge in [0.05, 0.1) is 10.6 Å². The molecule has 0 bridgehead atoms. The number of fused-ring (bicyclic) bond motifs is 1. The maximum Gasteiger partial charge on any atom is 0.227 e. The molecule has 0 spiro atoms. The highest BCUT2D eigenvalue weighted by Gasteiger charge is 2.25. The highest BCUT2D eigenvalue weighted by Crippen LogP contribution is 2.30. The molecule has 128 valence electrons. The monoisotopic (exact) mass is 357 g/mol. The quantitative estimate of drug-likeness (QED) is 0.712. The lowest BCUT2D eigenvalue weighted by Gasteiger charge is -2.29. The first-order chi connectivity index (χ1) is 12.2. The van der Waals surface area contributed by atoms with Crippen molar-refractivity contribution in [1.29, 1.82) is 0 Å². The van der Waals surface area contributed by atoms with Crippen LogP contribution >= 0.6 is 11.3 Å². The minimum absolute atomic E-state index is 0.123. The molecule has 1 amide bonds. The molecule has 0 saturated heterocycles. The van der Waals surface area contributed by atoms with E-state index in [-0.39, 0.29) is 18.1 Å². The van der Waals surface area contributed by atoms with Crippen molar-refractivity contribution in [3.63, 3.8) is 0 Å². The number of rotatable bonds is 4. The molecule has 1 aromatic carbocycles. The summed E-state index contributed by atoms with van der Waals surface area (Å²) in [4.78, 5) is 19.4. The van der Waals surface area contributed by atoms with Crippen molar-refractivity contribution in [3.05, 3.63) is 53.0 Å². The molecule has 1 aliphatic rings. The average Bonchev–Trinajstić information content (AvgIpc) is 3.31. The number of hydrogen-bond donors (Lipinski definition) is 0. The molecule has 0 radical (unpaired) electrons. The molecule has 0 saturated carbocycles. The van der Waals surface area contributed by atoms with Gasteiger partial charge in [0.2, 0.25) is 17.6 Å². The molecule has 2 aromatic heterocycles. The van der Waals surface area contributed by atoms with Crippen molar-refractivity contribution in [3.8, 4) is 10.7 Å². The number of carbonyl (C=O) groups is 1. The number of halogens is 1. The van der Waals surface area contributed by atoms with Gasteiger partial charge in [0.25, 0.3) is 0 Å². The predicted molar refractivity (Wildman–Crippen MR) is 93.0 cm³/mol. The van der Waals surface area contributed by atoms with Crippen LogP contribution in [0.1, 0.15) is 24.3 Å². The van der Waals surface area contributed by atoms with Crippen molar-refractivity contribution >= 4 is 22.9 Å². The summed E-state index contributed by atoms with van der Waals surface area (Å²) in [7, 11) is 0. The van der Waals surface area contributed by atoms with Crippen molar-refractivity contribution in [2.45, 2.75) is 25.7 Å². The normalized spacial score (nSPS) is 13.7. The zero-order valence-electron chi connectivity index (χ0n) is 13.4. The predicted octanol–water partition coefficient (Wildman–Crippen LogP) is 3.85. The third-order valence-corrected chi connectivity index (χ3v) is 5.10. The number of benzene rings is 1. The van der Waals surface area contributed by atoms with E-state index in [9.17, 15) is 9.18 Å². The van der Waals surface area contributed by atoms with Crippen LogP contribution < -0.4 is 4.90 Å². The third-order valence-electron chi connectivity index (χ3n) is 4.23. The second-order valence-corrected chi connectivity index (χ2v) is 6.83. The van der Waals surface area contributed by atoms with Crippen LogP contribution in [0.25, 0.3) is 10.7 Å². The Kier molecular flexibility index (Phi) is 4.31. The van der Waals surface area contributed by atoms with Crippen molar-refractivity contribution in [1.82, 2.24) is 10.1 Å². The van der Waals surface area contributed by atoms with Crippen LogP contribution in [0.5, 0.6) is 0 Å². The van der Waals surface area contributed by atoms with Gasteiger partial charge in [0.15, 0.2) is 0 Å². The molecule has 7 heteroatoms. The molecule has 5 nitrogen and oxygen atoms in total. The summed E-state index contributed by atoms with van der Waals surface area (Å²) in [6.07, 6.45) is 2.19. The zero-order chi connectivity index (χ0) is 17.2. The Balaban J connectivity index is 1.45. The first-order valence-electron chi connectivity index (χ1n) is 8.16. The second kappa shape index (κ2) is 6.76. The molecule has 0 aliphatic carbocycles. The van der Waals surface area contributed by atoms with E-state index in [4.69, 9.17) is 4.52 Å². The number of amides is 1. The number of aryl methyl sites for hydroxylation is 2. The van der Waals surface area contributed by atoms with Gasteiger partial charge in [-0.25, -0.2) is 4.39 Å². The maximum absolute atomic E-state index is 14.2. The van der Waals surface area contributed by atoms with Crippen molar-refractivity contribution in [2.24, 2.45) is 0 Å². The zero-order valence-corrected chi connectivity index (χ0v) is 14.3. The fourth-order valence-electron chi connectivity index (χ4n) is 3.06. The Labute approximate surface area is 148 Å². The van der Waals surface area contributed by atoms with Gasteiger partial charge in [0.1, 0.15) is 5.82 Å².